The lowest BCUT2D eigenvalue weighted by Gasteiger charge is -2.60. The summed E-state index contributed by atoms with van der Waals surface area (Å²) in [4.78, 5) is 0. The molecule has 0 spiro atoms. The monoisotopic (exact) mass is 354 g/mol. The molecule has 3 saturated heterocycles. The molecule has 21 heavy (non-hydrogen) atoms. The molecule has 4 rings (SSSR count). The molecule has 1 aromatic rings. The van der Waals surface area contributed by atoms with Crippen LogP contribution in [0.2, 0.25) is 0 Å². The maximum absolute atomic E-state index is 6.32. The Labute approximate surface area is 135 Å². The second-order valence-corrected chi connectivity index (χ2v) is 7.98. The lowest BCUT2D eigenvalue weighted by atomic mass is 9.62. The molecule has 0 aromatic heterocycles. The van der Waals surface area contributed by atoms with Crippen LogP contribution >= 0.6 is 15.9 Å². The molecule has 4 heteroatoms. The van der Waals surface area contributed by atoms with Crippen LogP contribution in [0, 0.1) is 10.8 Å². The van der Waals surface area contributed by atoms with E-state index in [1.807, 2.05) is 24.3 Å². The molecule has 2 bridgehead atoms. The summed E-state index contributed by atoms with van der Waals surface area (Å²) in [5.74, 6) is -1.03. The van der Waals surface area contributed by atoms with E-state index in [2.05, 4.69) is 43.6 Å². The third-order valence-corrected chi connectivity index (χ3v) is 5.54. The van der Waals surface area contributed by atoms with Gasteiger partial charge in [0.15, 0.2) is 0 Å². The van der Waals surface area contributed by atoms with Gasteiger partial charge in [0, 0.05) is 15.5 Å². The zero-order valence-electron chi connectivity index (χ0n) is 13.1. The molecule has 0 radical (unpaired) electrons. The number of halogens is 1. The largest absolute Gasteiger partial charge is 0.323 e. The summed E-state index contributed by atoms with van der Waals surface area (Å²) in [7, 11) is 0. The van der Waals surface area contributed by atoms with Crippen LogP contribution in [0.4, 0.5) is 0 Å². The van der Waals surface area contributed by atoms with Crippen LogP contribution in [0.25, 0.3) is 0 Å². The van der Waals surface area contributed by atoms with Gasteiger partial charge in [0.05, 0.1) is 19.3 Å². The molecule has 0 N–H and O–H groups in total. The van der Waals surface area contributed by atoms with E-state index >= 15 is 0 Å². The molecule has 1 atom stereocenters. The van der Waals surface area contributed by atoms with E-state index in [9.17, 15) is 0 Å². The predicted molar refractivity (Wildman–Crippen MR) is 84.8 cm³/mol. The van der Waals surface area contributed by atoms with E-state index in [0.29, 0.717) is 13.2 Å². The third kappa shape index (κ3) is 2.27. The van der Waals surface area contributed by atoms with Gasteiger partial charge in [0.2, 0.25) is 0 Å². The summed E-state index contributed by atoms with van der Waals surface area (Å²) < 4.78 is 19.5. The van der Waals surface area contributed by atoms with E-state index in [0.717, 1.165) is 16.5 Å². The van der Waals surface area contributed by atoms with E-state index < -0.39 is 5.97 Å². The van der Waals surface area contributed by atoms with Gasteiger partial charge in [-0.25, -0.2) is 0 Å². The zero-order valence-corrected chi connectivity index (χ0v) is 14.7. The lowest BCUT2D eigenvalue weighted by molar-refractivity contribution is -0.510. The van der Waals surface area contributed by atoms with Crippen LogP contribution in [-0.2, 0) is 20.2 Å². The summed E-state index contributed by atoms with van der Waals surface area (Å²) in [6.07, 6.45) is 1.10. The van der Waals surface area contributed by atoms with E-state index in [-0.39, 0.29) is 16.9 Å². The molecule has 0 saturated carbocycles. The Morgan fingerprint density at radius 2 is 1.71 bits per heavy atom. The summed E-state index contributed by atoms with van der Waals surface area (Å²) in [5.41, 5.74) is 0.908. The van der Waals surface area contributed by atoms with Crippen molar-refractivity contribution in [2.75, 3.05) is 13.2 Å². The van der Waals surface area contributed by atoms with Gasteiger partial charge in [-0.2, -0.15) is 0 Å². The first-order valence-corrected chi connectivity index (χ1v) is 8.34. The Morgan fingerprint density at radius 1 is 1.14 bits per heavy atom. The quantitative estimate of drug-likeness (QED) is 0.785. The van der Waals surface area contributed by atoms with Crippen molar-refractivity contribution in [3.05, 3.63) is 34.3 Å². The smallest absolute Gasteiger partial charge is 0.312 e. The van der Waals surface area contributed by atoms with E-state index in [4.69, 9.17) is 14.2 Å². The number of fused-ring (bicyclic) bond motifs is 3. The van der Waals surface area contributed by atoms with Gasteiger partial charge in [0.25, 0.3) is 0 Å². The van der Waals surface area contributed by atoms with Gasteiger partial charge in [-0.1, -0.05) is 43.6 Å². The van der Waals surface area contributed by atoms with Gasteiger partial charge in [-0.05, 0) is 36.1 Å². The molecule has 3 aliphatic heterocycles. The minimum absolute atomic E-state index is 0.0694. The summed E-state index contributed by atoms with van der Waals surface area (Å²) >= 11 is 3.46. The normalized spacial score (nSPS) is 36.0. The topological polar surface area (TPSA) is 27.7 Å². The molecule has 0 amide bonds. The Bertz CT molecular complexity index is 510. The zero-order chi connectivity index (χ0) is 15.3. The van der Waals surface area contributed by atoms with Crippen LogP contribution < -0.4 is 0 Å². The number of benzene rings is 1. The van der Waals surface area contributed by atoms with Gasteiger partial charge < -0.3 is 14.2 Å². The standard InChI is InChI=1S/C17H23BrO3/c1-5-14-16(15(2,3)4)10-19-17(21-14,20-11-16)12-6-8-13(18)9-7-12/h6-9,14H,5,10-11H2,1-4H3. The molecule has 3 nitrogen and oxygen atoms in total. The van der Waals surface area contributed by atoms with Crippen molar-refractivity contribution in [2.24, 2.45) is 10.8 Å². The average Bonchev–Trinajstić information content (AvgIpc) is 2.47. The molecule has 3 fully saturated rings. The molecule has 1 aromatic carbocycles. The average molecular weight is 355 g/mol. The fourth-order valence-corrected chi connectivity index (χ4v) is 3.63. The van der Waals surface area contributed by atoms with Gasteiger partial charge in [0.1, 0.15) is 0 Å². The first kappa shape index (κ1) is 15.5. The Hall–Kier alpha value is -0.420. The summed E-state index contributed by atoms with van der Waals surface area (Å²) in [5, 5.41) is 0. The van der Waals surface area contributed by atoms with Gasteiger partial charge >= 0.3 is 5.97 Å². The highest BCUT2D eigenvalue weighted by atomic mass is 79.9. The summed E-state index contributed by atoms with van der Waals surface area (Å²) in [6.45, 7) is 10.2. The highest BCUT2D eigenvalue weighted by molar-refractivity contribution is 9.10. The molecule has 116 valence electrons. The van der Waals surface area contributed by atoms with Crippen molar-refractivity contribution in [3.63, 3.8) is 0 Å². The summed E-state index contributed by atoms with van der Waals surface area (Å²) in [6, 6.07) is 7.96. The number of ether oxygens (including phenoxy) is 3. The first-order valence-electron chi connectivity index (χ1n) is 7.55. The highest BCUT2D eigenvalue weighted by Crippen LogP contribution is 2.56. The van der Waals surface area contributed by atoms with Gasteiger partial charge in [-0.3, -0.25) is 0 Å². The van der Waals surface area contributed by atoms with Crippen LogP contribution in [-0.4, -0.2) is 19.3 Å². The van der Waals surface area contributed by atoms with Crippen LogP contribution in [0.15, 0.2) is 28.7 Å². The second kappa shape index (κ2) is 5.05. The number of hydrogen-bond acceptors (Lipinski definition) is 3. The Kier molecular flexibility index (Phi) is 3.72. The van der Waals surface area contributed by atoms with Crippen molar-refractivity contribution in [2.45, 2.75) is 46.2 Å². The molecule has 3 heterocycles. The molecular weight excluding hydrogens is 332 g/mol. The van der Waals surface area contributed by atoms with Crippen molar-refractivity contribution in [1.29, 1.82) is 0 Å². The fraction of sp³-hybridized carbons (Fsp3) is 0.647. The molecular formula is C17H23BrO3. The highest BCUT2D eigenvalue weighted by Gasteiger charge is 2.62. The van der Waals surface area contributed by atoms with Crippen molar-refractivity contribution in [1.82, 2.24) is 0 Å². The minimum atomic E-state index is -1.03. The molecule has 3 aliphatic rings. The lowest BCUT2D eigenvalue weighted by Crippen LogP contribution is -2.67. The van der Waals surface area contributed by atoms with Crippen LogP contribution in [0.1, 0.15) is 39.7 Å². The van der Waals surface area contributed by atoms with Crippen molar-refractivity contribution >= 4 is 15.9 Å². The maximum atomic E-state index is 6.32. The number of rotatable bonds is 2. The predicted octanol–water partition coefficient (Wildman–Crippen LogP) is 4.45. The van der Waals surface area contributed by atoms with Gasteiger partial charge in [-0.15, -0.1) is 0 Å². The third-order valence-electron chi connectivity index (χ3n) is 5.02. The SMILES string of the molecule is CCC1OC2(c3ccc(Br)cc3)OCC1(C(C)(C)C)CO2. The second-order valence-electron chi connectivity index (χ2n) is 7.06. The van der Waals surface area contributed by atoms with E-state index in [1.54, 1.807) is 0 Å². The molecule has 0 aliphatic carbocycles. The number of hydrogen-bond donors (Lipinski definition) is 0. The Morgan fingerprint density at radius 3 is 2.19 bits per heavy atom. The Balaban J connectivity index is 1.96. The van der Waals surface area contributed by atoms with E-state index in [1.165, 1.54) is 0 Å². The maximum Gasteiger partial charge on any atom is 0.312 e. The minimum Gasteiger partial charge on any atom is -0.323 e. The fourth-order valence-electron chi connectivity index (χ4n) is 3.36. The van der Waals surface area contributed by atoms with Crippen molar-refractivity contribution in [3.8, 4) is 0 Å². The van der Waals surface area contributed by atoms with Crippen molar-refractivity contribution < 1.29 is 14.2 Å². The molecule has 1 unspecified atom stereocenters. The van der Waals surface area contributed by atoms with Crippen LogP contribution in [0.5, 0.6) is 0 Å². The first-order chi connectivity index (χ1) is 9.83. The van der Waals surface area contributed by atoms with Crippen LogP contribution in [0.3, 0.4) is 0 Å².